The highest BCUT2D eigenvalue weighted by atomic mass is 32.1. The fourth-order valence-corrected chi connectivity index (χ4v) is 3.86. The average Bonchev–Trinajstić information content (AvgIpc) is 2.98. The van der Waals surface area contributed by atoms with Crippen molar-refractivity contribution in [2.24, 2.45) is 0 Å². The fourth-order valence-electron chi connectivity index (χ4n) is 2.83. The van der Waals surface area contributed by atoms with Crippen LogP contribution in [-0.4, -0.2) is 15.5 Å². The molecule has 0 bridgehead atoms. The van der Waals surface area contributed by atoms with Crippen molar-refractivity contribution in [2.75, 3.05) is 5.32 Å². The van der Waals surface area contributed by atoms with Gasteiger partial charge in [-0.25, -0.2) is 13.8 Å². The number of rotatable bonds is 6. The van der Waals surface area contributed by atoms with Gasteiger partial charge in [0.1, 0.15) is 4.83 Å². The number of carbonyl (C=O) groups is 1. The molecule has 0 unspecified atom stereocenters. The van der Waals surface area contributed by atoms with Gasteiger partial charge in [0, 0.05) is 18.3 Å². The molecule has 0 aliphatic heterocycles. The number of nitrogens with zero attached hydrogens (tertiary/aromatic N) is 2. The lowest BCUT2D eigenvalue weighted by molar-refractivity contribution is 0.103. The number of amides is 1. The molecule has 8 heteroatoms. The summed E-state index contributed by atoms with van der Waals surface area (Å²) in [6.07, 6.45) is 4.47. The molecule has 27 heavy (non-hydrogen) atoms. The van der Waals surface area contributed by atoms with Crippen molar-refractivity contribution >= 4 is 33.1 Å². The van der Waals surface area contributed by atoms with Crippen LogP contribution in [0.15, 0.2) is 29.3 Å². The summed E-state index contributed by atoms with van der Waals surface area (Å²) in [6, 6.07) is 3.13. The third-order valence-corrected chi connectivity index (χ3v) is 5.50. The molecule has 2 heterocycles. The van der Waals surface area contributed by atoms with Gasteiger partial charge in [0.15, 0.2) is 11.6 Å². The minimum atomic E-state index is -1.04. The number of fused-ring (bicyclic) bond motifs is 1. The molecule has 1 N–H and O–H groups in total. The average molecular weight is 391 g/mol. The van der Waals surface area contributed by atoms with E-state index in [1.165, 1.54) is 12.4 Å². The van der Waals surface area contributed by atoms with E-state index in [9.17, 15) is 18.4 Å². The third kappa shape index (κ3) is 3.90. The number of carbonyl (C=O) groups excluding carboxylic acids is 1. The molecule has 0 fully saturated rings. The molecule has 0 radical (unpaired) electrons. The Bertz CT molecular complexity index is 1060. The minimum Gasteiger partial charge on any atom is -0.321 e. The first-order valence-electron chi connectivity index (χ1n) is 8.67. The molecule has 1 aromatic carbocycles. The minimum absolute atomic E-state index is 0.140. The van der Waals surface area contributed by atoms with Crippen molar-refractivity contribution in [3.63, 3.8) is 0 Å². The van der Waals surface area contributed by atoms with Gasteiger partial charge in [-0.3, -0.25) is 14.2 Å². The zero-order valence-electron chi connectivity index (χ0n) is 15.0. The number of nitrogens with one attached hydrogen (secondary N) is 1. The van der Waals surface area contributed by atoms with Crippen LogP contribution < -0.4 is 10.9 Å². The maximum absolute atomic E-state index is 13.3. The van der Waals surface area contributed by atoms with Crippen LogP contribution in [0.5, 0.6) is 0 Å². The Kier molecular flexibility index (Phi) is 5.65. The molecule has 1 amide bonds. The highest BCUT2D eigenvalue weighted by Crippen LogP contribution is 2.28. The summed E-state index contributed by atoms with van der Waals surface area (Å²) >= 11 is 1.11. The number of aryl methyl sites for hydroxylation is 2. The Morgan fingerprint density at radius 2 is 2.04 bits per heavy atom. The van der Waals surface area contributed by atoms with Crippen LogP contribution in [0.3, 0.4) is 0 Å². The fraction of sp³-hybridized carbons (Fsp3) is 0.316. The van der Waals surface area contributed by atoms with Gasteiger partial charge in [-0.2, -0.15) is 0 Å². The topological polar surface area (TPSA) is 64.0 Å². The molecule has 3 rings (SSSR count). The van der Waals surface area contributed by atoms with Crippen LogP contribution in [0, 0.1) is 18.6 Å². The van der Waals surface area contributed by atoms with Crippen LogP contribution in [0.25, 0.3) is 10.2 Å². The number of anilines is 1. The maximum Gasteiger partial charge on any atom is 0.266 e. The summed E-state index contributed by atoms with van der Waals surface area (Å²) in [5.41, 5.74) is 0.509. The Morgan fingerprint density at radius 3 is 2.74 bits per heavy atom. The van der Waals surface area contributed by atoms with Gasteiger partial charge < -0.3 is 5.32 Å². The van der Waals surface area contributed by atoms with E-state index in [2.05, 4.69) is 17.2 Å². The monoisotopic (exact) mass is 391 g/mol. The number of aromatic nitrogens is 2. The highest BCUT2D eigenvalue weighted by molar-refractivity contribution is 7.20. The van der Waals surface area contributed by atoms with Crippen molar-refractivity contribution in [3.05, 3.63) is 57.0 Å². The number of benzene rings is 1. The standard InChI is InChI=1S/C19H19F2N3O2S/c1-3-4-5-8-24-10-22-18-15(19(24)26)11(2)16(27-18)17(25)23-12-6-7-13(20)14(21)9-12/h6-7,9-10H,3-5,8H2,1-2H3,(H,23,25). The van der Waals surface area contributed by atoms with Crippen LogP contribution in [0.2, 0.25) is 0 Å². The van der Waals surface area contributed by atoms with Crippen molar-refractivity contribution < 1.29 is 13.6 Å². The van der Waals surface area contributed by atoms with Gasteiger partial charge in [0.05, 0.1) is 16.6 Å². The lowest BCUT2D eigenvalue weighted by atomic mass is 10.2. The molecular weight excluding hydrogens is 372 g/mol. The van der Waals surface area contributed by atoms with E-state index >= 15 is 0 Å². The second kappa shape index (κ2) is 7.96. The number of hydrogen-bond acceptors (Lipinski definition) is 4. The first-order chi connectivity index (χ1) is 12.9. The van der Waals surface area contributed by atoms with Crippen molar-refractivity contribution in [1.82, 2.24) is 9.55 Å². The van der Waals surface area contributed by atoms with E-state index in [1.807, 2.05) is 0 Å². The molecular formula is C19H19F2N3O2S. The van der Waals surface area contributed by atoms with Gasteiger partial charge in [-0.15, -0.1) is 11.3 Å². The molecule has 0 aliphatic carbocycles. The Balaban J connectivity index is 1.91. The summed E-state index contributed by atoms with van der Waals surface area (Å²) in [5.74, 6) is -2.52. The van der Waals surface area contributed by atoms with E-state index in [0.717, 1.165) is 42.7 Å². The van der Waals surface area contributed by atoms with Gasteiger partial charge >= 0.3 is 0 Å². The van der Waals surface area contributed by atoms with Crippen LogP contribution >= 0.6 is 11.3 Å². The number of unbranched alkanes of at least 4 members (excludes halogenated alkanes) is 2. The van der Waals surface area contributed by atoms with E-state index in [1.54, 1.807) is 11.5 Å². The summed E-state index contributed by atoms with van der Waals surface area (Å²) in [4.78, 5) is 30.4. The summed E-state index contributed by atoms with van der Waals surface area (Å²) in [7, 11) is 0. The number of hydrogen-bond donors (Lipinski definition) is 1. The summed E-state index contributed by atoms with van der Waals surface area (Å²) < 4.78 is 27.9. The lowest BCUT2D eigenvalue weighted by Crippen LogP contribution is -2.20. The SMILES string of the molecule is CCCCCn1cnc2sc(C(=O)Nc3ccc(F)c(F)c3)c(C)c2c1=O. The molecule has 0 aliphatic rings. The summed E-state index contributed by atoms with van der Waals surface area (Å²) in [5, 5.41) is 2.96. The van der Waals surface area contributed by atoms with Crippen LogP contribution in [0.4, 0.5) is 14.5 Å². The van der Waals surface area contributed by atoms with E-state index in [-0.39, 0.29) is 11.2 Å². The zero-order chi connectivity index (χ0) is 19.6. The molecule has 0 atom stereocenters. The largest absolute Gasteiger partial charge is 0.321 e. The lowest BCUT2D eigenvalue weighted by Gasteiger charge is -2.05. The van der Waals surface area contributed by atoms with Crippen LogP contribution in [0.1, 0.15) is 41.4 Å². The number of halogens is 2. The molecule has 0 spiro atoms. The van der Waals surface area contributed by atoms with E-state index in [0.29, 0.717) is 27.2 Å². The molecule has 5 nitrogen and oxygen atoms in total. The first kappa shape index (κ1) is 19.2. The van der Waals surface area contributed by atoms with Crippen LogP contribution in [-0.2, 0) is 6.54 Å². The third-order valence-electron chi connectivity index (χ3n) is 4.30. The highest BCUT2D eigenvalue weighted by Gasteiger charge is 2.20. The second-order valence-electron chi connectivity index (χ2n) is 6.27. The predicted octanol–water partition coefficient (Wildman–Crippen LogP) is 4.49. The molecule has 2 aromatic heterocycles. The van der Waals surface area contributed by atoms with Gasteiger partial charge in [0.25, 0.3) is 11.5 Å². The Labute approximate surface area is 158 Å². The maximum atomic E-state index is 13.3. The predicted molar refractivity (Wildman–Crippen MR) is 102 cm³/mol. The van der Waals surface area contributed by atoms with Crippen molar-refractivity contribution in [1.29, 1.82) is 0 Å². The zero-order valence-corrected chi connectivity index (χ0v) is 15.8. The van der Waals surface area contributed by atoms with E-state index < -0.39 is 17.5 Å². The normalized spacial score (nSPS) is 11.1. The number of thiophene rings is 1. The molecule has 0 saturated heterocycles. The van der Waals surface area contributed by atoms with E-state index in [4.69, 9.17) is 0 Å². The molecule has 142 valence electrons. The van der Waals surface area contributed by atoms with Gasteiger partial charge in [0.2, 0.25) is 0 Å². The first-order valence-corrected chi connectivity index (χ1v) is 9.49. The van der Waals surface area contributed by atoms with Crippen molar-refractivity contribution in [3.8, 4) is 0 Å². The summed E-state index contributed by atoms with van der Waals surface area (Å²) in [6.45, 7) is 4.37. The Hall–Kier alpha value is -2.61. The Morgan fingerprint density at radius 1 is 1.26 bits per heavy atom. The van der Waals surface area contributed by atoms with Gasteiger partial charge in [-0.1, -0.05) is 19.8 Å². The second-order valence-corrected chi connectivity index (χ2v) is 7.27. The smallest absolute Gasteiger partial charge is 0.266 e. The quantitative estimate of drug-likeness (QED) is 0.630. The molecule has 0 saturated carbocycles. The van der Waals surface area contributed by atoms with Crippen molar-refractivity contribution in [2.45, 2.75) is 39.7 Å². The molecule has 3 aromatic rings. The van der Waals surface area contributed by atoms with Gasteiger partial charge in [-0.05, 0) is 31.0 Å².